The number of ether oxygens (including phenoxy) is 3. The molecule has 0 atom stereocenters. The van der Waals surface area contributed by atoms with Crippen LogP contribution in [0.3, 0.4) is 0 Å². The zero-order chi connectivity index (χ0) is 24.3. The number of benzene rings is 3. The number of nitrogens with zero attached hydrogens (tertiary/aromatic N) is 1. The van der Waals surface area contributed by atoms with Gasteiger partial charge in [-0.05, 0) is 78.7 Å². The maximum absolute atomic E-state index is 12.3. The molecule has 0 aliphatic rings. The van der Waals surface area contributed by atoms with Crippen molar-refractivity contribution in [1.82, 2.24) is 5.43 Å². The van der Waals surface area contributed by atoms with Gasteiger partial charge in [-0.1, -0.05) is 24.9 Å². The van der Waals surface area contributed by atoms with Gasteiger partial charge >= 0.3 is 5.97 Å². The van der Waals surface area contributed by atoms with Gasteiger partial charge in [-0.25, -0.2) is 10.2 Å². The molecular formula is C26H25ClN2O5. The lowest BCUT2D eigenvalue weighted by molar-refractivity contribution is 0.0729. The number of halogens is 1. The summed E-state index contributed by atoms with van der Waals surface area (Å²) in [5.74, 6) is 0.431. The molecule has 34 heavy (non-hydrogen) atoms. The highest BCUT2D eigenvalue weighted by atomic mass is 35.5. The van der Waals surface area contributed by atoms with Crippen molar-refractivity contribution in [2.24, 2.45) is 5.10 Å². The zero-order valence-corrected chi connectivity index (χ0v) is 19.7. The highest BCUT2D eigenvalue weighted by Gasteiger charge is 2.13. The Morgan fingerprint density at radius 3 is 2.35 bits per heavy atom. The van der Waals surface area contributed by atoms with Crippen molar-refractivity contribution in [3.8, 4) is 17.2 Å². The molecule has 0 spiro atoms. The number of esters is 1. The Balaban J connectivity index is 1.58. The SMILES string of the molecule is CCCCOc1ccc(C(=O)NN=Cc2ccc(OC(=O)c3ccc(Cl)cc3)c(OC)c2)cc1. The van der Waals surface area contributed by atoms with Crippen LogP contribution in [0.15, 0.2) is 71.8 Å². The number of carbonyl (C=O) groups is 2. The van der Waals surface area contributed by atoms with Crippen molar-refractivity contribution in [2.75, 3.05) is 13.7 Å². The van der Waals surface area contributed by atoms with Gasteiger partial charge in [0.25, 0.3) is 5.91 Å². The summed E-state index contributed by atoms with van der Waals surface area (Å²) in [4.78, 5) is 24.6. The molecule has 1 amide bonds. The molecule has 0 bridgehead atoms. The van der Waals surface area contributed by atoms with Gasteiger partial charge in [-0.3, -0.25) is 4.79 Å². The Hall–Kier alpha value is -3.84. The van der Waals surface area contributed by atoms with Crippen LogP contribution in [0.1, 0.15) is 46.0 Å². The number of methoxy groups -OCH3 is 1. The smallest absolute Gasteiger partial charge is 0.343 e. The highest BCUT2D eigenvalue weighted by molar-refractivity contribution is 6.30. The molecule has 0 radical (unpaired) electrons. The molecule has 3 aromatic carbocycles. The predicted molar refractivity (Wildman–Crippen MR) is 131 cm³/mol. The summed E-state index contributed by atoms with van der Waals surface area (Å²) in [6.07, 6.45) is 3.50. The van der Waals surface area contributed by atoms with E-state index < -0.39 is 5.97 Å². The molecule has 7 nitrogen and oxygen atoms in total. The van der Waals surface area contributed by atoms with Gasteiger partial charge in [0, 0.05) is 10.6 Å². The molecule has 3 rings (SSSR count). The van der Waals surface area contributed by atoms with E-state index in [4.69, 9.17) is 25.8 Å². The fourth-order valence-electron chi connectivity index (χ4n) is 2.86. The van der Waals surface area contributed by atoms with Crippen LogP contribution < -0.4 is 19.6 Å². The molecule has 0 aliphatic heterocycles. The van der Waals surface area contributed by atoms with E-state index >= 15 is 0 Å². The minimum atomic E-state index is -0.537. The van der Waals surface area contributed by atoms with E-state index in [9.17, 15) is 9.59 Å². The van der Waals surface area contributed by atoms with Crippen LogP contribution >= 0.6 is 11.6 Å². The average Bonchev–Trinajstić information content (AvgIpc) is 2.85. The number of carbonyl (C=O) groups excluding carboxylic acids is 2. The van der Waals surface area contributed by atoms with Crippen LogP contribution in [0, 0.1) is 0 Å². The second kappa shape index (κ2) is 12.4. The van der Waals surface area contributed by atoms with Crippen molar-refractivity contribution in [2.45, 2.75) is 19.8 Å². The van der Waals surface area contributed by atoms with Crippen molar-refractivity contribution >= 4 is 29.7 Å². The van der Waals surface area contributed by atoms with Crippen LogP contribution in [-0.2, 0) is 0 Å². The minimum absolute atomic E-state index is 0.255. The normalized spacial score (nSPS) is 10.7. The second-order valence-electron chi connectivity index (χ2n) is 7.23. The quantitative estimate of drug-likeness (QED) is 0.136. The van der Waals surface area contributed by atoms with Gasteiger partial charge in [0.1, 0.15) is 5.75 Å². The summed E-state index contributed by atoms with van der Waals surface area (Å²) in [5.41, 5.74) is 3.95. The average molecular weight is 481 g/mol. The summed E-state index contributed by atoms with van der Waals surface area (Å²) >= 11 is 5.85. The molecule has 176 valence electrons. The van der Waals surface area contributed by atoms with Crippen LogP contribution in [0.4, 0.5) is 0 Å². The molecule has 0 saturated carbocycles. The highest BCUT2D eigenvalue weighted by Crippen LogP contribution is 2.28. The first-order valence-electron chi connectivity index (χ1n) is 10.7. The van der Waals surface area contributed by atoms with Crippen molar-refractivity contribution in [3.63, 3.8) is 0 Å². The number of hydrazone groups is 1. The molecular weight excluding hydrogens is 456 g/mol. The van der Waals surface area contributed by atoms with Crippen LogP contribution in [-0.4, -0.2) is 31.8 Å². The first-order valence-corrected chi connectivity index (χ1v) is 11.1. The fraction of sp³-hybridized carbons (Fsp3) is 0.192. The third-order valence-corrected chi connectivity index (χ3v) is 4.99. The van der Waals surface area contributed by atoms with E-state index in [1.807, 2.05) is 0 Å². The lowest BCUT2D eigenvalue weighted by Crippen LogP contribution is -2.17. The summed E-state index contributed by atoms with van der Waals surface area (Å²) in [5, 5.41) is 4.52. The fourth-order valence-corrected chi connectivity index (χ4v) is 2.99. The van der Waals surface area contributed by atoms with E-state index in [1.165, 1.54) is 13.3 Å². The van der Waals surface area contributed by atoms with Crippen LogP contribution in [0.2, 0.25) is 5.02 Å². The number of nitrogens with one attached hydrogen (secondary N) is 1. The number of rotatable bonds is 10. The van der Waals surface area contributed by atoms with Crippen LogP contribution in [0.25, 0.3) is 0 Å². The lowest BCUT2D eigenvalue weighted by Gasteiger charge is -2.10. The summed E-state index contributed by atoms with van der Waals surface area (Å²) in [7, 11) is 1.47. The minimum Gasteiger partial charge on any atom is -0.494 e. The number of hydrogen-bond donors (Lipinski definition) is 1. The third kappa shape index (κ3) is 7.08. The number of amides is 1. The standard InChI is InChI=1S/C26H25ClN2O5/c1-3-4-15-33-22-12-8-19(9-13-22)25(30)29-28-17-18-5-14-23(24(16-18)32-2)34-26(31)20-6-10-21(27)11-7-20/h5-14,16-17H,3-4,15H2,1-2H3,(H,29,30). The van der Waals surface area contributed by atoms with E-state index in [0.29, 0.717) is 34.1 Å². The Morgan fingerprint density at radius 1 is 0.971 bits per heavy atom. The number of unbranched alkanes of at least 4 members (excludes halogenated alkanes) is 1. The first-order chi connectivity index (χ1) is 16.5. The molecule has 0 aromatic heterocycles. The lowest BCUT2D eigenvalue weighted by atomic mass is 10.2. The zero-order valence-electron chi connectivity index (χ0n) is 18.9. The molecule has 8 heteroatoms. The van der Waals surface area contributed by atoms with Gasteiger partial charge in [0.2, 0.25) is 0 Å². The number of hydrogen-bond acceptors (Lipinski definition) is 6. The summed E-state index contributed by atoms with van der Waals surface area (Å²) < 4.78 is 16.3. The van der Waals surface area contributed by atoms with Crippen molar-refractivity contribution < 1.29 is 23.8 Å². The van der Waals surface area contributed by atoms with Crippen LogP contribution in [0.5, 0.6) is 17.2 Å². The van der Waals surface area contributed by atoms with Gasteiger partial charge < -0.3 is 14.2 Å². The maximum atomic E-state index is 12.3. The largest absolute Gasteiger partial charge is 0.494 e. The molecule has 0 aliphatic carbocycles. The molecule has 1 N–H and O–H groups in total. The van der Waals surface area contributed by atoms with E-state index in [2.05, 4.69) is 17.5 Å². The molecule has 0 heterocycles. The first kappa shape index (κ1) is 24.8. The van der Waals surface area contributed by atoms with Crippen molar-refractivity contribution in [1.29, 1.82) is 0 Å². The second-order valence-corrected chi connectivity index (χ2v) is 7.67. The molecule has 0 fully saturated rings. The predicted octanol–water partition coefficient (Wildman–Crippen LogP) is 5.51. The van der Waals surface area contributed by atoms with Gasteiger partial charge in [0.05, 0.1) is 25.5 Å². The van der Waals surface area contributed by atoms with Gasteiger partial charge in [-0.2, -0.15) is 5.10 Å². The van der Waals surface area contributed by atoms with Gasteiger partial charge in [0.15, 0.2) is 11.5 Å². The third-order valence-electron chi connectivity index (χ3n) is 4.73. The maximum Gasteiger partial charge on any atom is 0.343 e. The monoisotopic (exact) mass is 480 g/mol. The molecule has 0 saturated heterocycles. The summed E-state index contributed by atoms with van der Waals surface area (Å²) in [6, 6.07) is 18.2. The Kier molecular flexibility index (Phi) is 9.05. The van der Waals surface area contributed by atoms with Gasteiger partial charge in [-0.15, -0.1) is 0 Å². The van der Waals surface area contributed by atoms with E-state index in [-0.39, 0.29) is 11.7 Å². The Bertz CT molecular complexity index is 1140. The topological polar surface area (TPSA) is 86.2 Å². The van der Waals surface area contributed by atoms with Crippen molar-refractivity contribution in [3.05, 3.63) is 88.4 Å². The summed E-state index contributed by atoms with van der Waals surface area (Å²) in [6.45, 7) is 2.74. The van der Waals surface area contributed by atoms with E-state index in [1.54, 1.807) is 66.7 Å². The Morgan fingerprint density at radius 2 is 1.68 bits per heavy atom. The molecule has 0 unspecified atom stereocenters. The van der Waals surface area contributed by atoms with E-state index in [0.717, 1.165) is 18.6 Å². The molecule has 3 aromatic rings. The Labute approximate surface area is 203 Å².